The minimum absolute atomic E-state index is 0.217. The van der Waals surface area contributed by atoms with E-state index in [0.29, 0.717) is 30.1 Å². The van der Waals surface area contributed by atoms with Gasteiger partial charge in [-0.3, -0.25) is 4.79 Å². The molecule has 0 aliphatic carbocycles. The second-order valence-electron chi connectivity index (χ2n) is 7.73. The van der Waals surface area contributed by atoms with E-state index in [0.717, 1.165) is 23.3 Å². The van der Waals surface area contributed by atoms with E-state index in [1.165, 1.54) is 6.07 Å². The van der Waals surface area contributed by atoms with Crippen LogP contribution in [-0.2, 0) is 12.7 Å². The molecule has 0 radical (unpaired) electrons. The first-order valence-corrected chi connectivity index (χ1v) is 9.32. The summed E-state index contributed by atoms with van der Waals surface area (Å²) in [5.41, 5.74) is 1.36. The summed E-state index contributed by atoms with van der Waals surface area (Å²) in [5.74, 6) is 0.117. The van der Waals surface area contributed by atoms with Crippen LogP contribution in [-0.4, -0.2) is 30.0 Å². The van der Waals surface area contributed by atoms with Gasteiger partial charge >= 0.3 is 6.18 Å². The summed E-state index contributed by atoms with van der Waals surface area (Å²) in [6.07, 6.45) is -4.49. The van der Waals surface area contributed by atoms with Crippen molar-refractivity contribution in [1.82, 2.24) is 10.2 Å². The molecule has 4 rings (SSSR count). The number of carbonyl (C=O) groups is 1. The lowest BCUT2D eigenvalue weighted by atomic mass is 9.88. The third kappa shape index (κ3) is 3.19. The molecule has 0 aromatic heterocycles. The van der Waals surface area contributed by atoms with E-state index in [2.05, 4.69) is 5.32 Å². The third-order valence-corrected chi connectivity index (χ3v) is 5.38. The molecule has 0 saturated heterocycles. The van der Waals surface area contributed by atoms with Crippen molar-refractivity contribution in [3.63, 3.8) is 0 Å². The Bertz CT molecular complexity index is 1020. The lowest BCUT2D eigenvalue weighted by Gasteiger charge is -2.39. The molecule has 4 nitrogen and oxygen atoms in total. The Kier molecular flexibility index (Phi) is 4.46. The molecule has 0 saturated carbocycles. The number of nitrogens with zero attached hydrogens (tertiary/aromatic N) is 1. The van der Waals surface area contributed by atoms with Crippen molar-refractivity contribution in [3.8, 4) is 5.75 Å². The zero-order valence-corrected chi connectivity index (χ0v) is 16.4. The highest BCUT2D eigenvalue weighted by Crippen LogP contribution is 2.46. The van der Waals surface area contributed by atoms with Crippen molar-refractivity contribution in [2.45, 2.75) is 32.2 Å². The lowest BCUT2D eigenvalue weighted by molar-refractivity contribution is -0.137. The molecule has 0 spiro atoms. The summed E-state index contributed by atoms with van der Waals surface area (Å²) in [7, 11) is 1.75. The van der Waals surface area contributed by atoms with E-state index in [1.807, 2.05) is 26.0 Å². The van der Waals surface area contributed by atoms with Crippen LogP contribution in [0.15, 0.2) is 48.0 Å². The number of likely N-dealkylation sites (N-methyl/N-ethyl adjacent to an activating group) is 1. The number of hydrogen-bond acceptors (Lipinski definition) is 3. The SMILES string of the molecule is CNCC1=C(N2Cc3ccccc3C2=O)c2cc(C(F)(F)F)ccc2OC1(C)C. The number of ether oxygens (including phenoxy) is 1. The van der Waals surface area contributed by atoms with Gasteiger partial charge in [0, 0.05) is 23.2 Å². The van der Waals surface area contributed by atoms with Gasteiger partial charge in [-0.05, 0) is 50.7 Å². The predicted molar refractivity (Wildman–Crippen MR) is 103 cm³/mol. The molecule has 2 heterocycles. The standard InChI is InChI=1S/C22H21F3N2O2/c1-21(2)17(11-26-3)19(27-12-13-6-4-5-7-15(13)20(27)28)16-10-14(22(23,24)25)8-9-18(16)29-21/h4-10,26H,11-12H2,1-3H3. The summed E-state index contributed by atoms with van der Waals surface area (Å²) in [6, 6.07) is 10.7. The summed E-state index contributed by atoms with van der Waals surface area (Å²) in [4.78, 5) is 14.7. The topological polar surface area (TPSA) is 41.6 Å². The van der Waals surface area contributed by atoms with Gasteiger partial charge in [-0.25, -0.2) is 0 Å². The Morgan fingerprint density at radius 3 is 2.52 bits per heavy atom. The Morgan fingerprint density at radius 2 is 1.86 bits per heavy atom. The van der Waals surface area contributed by atoms with Crippen LogP contribution in [0.5, 0.6) is 5.75 Å². The number of rotatable bonds is 3. The Hall–Kier alpha value is -2.80. The first kappa shape index (κ1) is 19.5. The number of fused-ring (bicyclic) bond motifs is 2. The monoisotopic (exact) mass is 402 g/mol. The maximum absolute atomic E-state index is 13.4. The lowest BCUT2D eigenvalue weighted by Crippen LogP contribution is -2.42. The fraction of sp³-hybridized carbons (Fsp3) is 0.318. The van der Waals surface area contributed by atoms with Gasteiger partial charge in [0.25, 0.3) is 5.91 Å². The molecular weight excluding hydrogens is 381 g/mol. The molecule has 1 N–H and O–H groups in total. The van der Waals surface area contributed by atoms with Gasteiger partial charge in [0.05, 0.1) is 17.8 Å². The van der Waals surface area contributed by atoms with Crippen LogP contribution in [0.25, 0.3) is 5.70 Å². The van der Waals surface area contributed by atoms with Crippen LogP contribution in [0.2, 0.25) is 0 Å². The van der Waals surface area contributed by atoms with Gasteiger partial charge in [0.15, 0.2) is 0 Å². The minimum atomic E-state index is -4.49. The van der Waals surface area contributed by atoms with Crippen molar-refractivity contribution in [1.29, 1.82) is 0 Å². The Labute approximate surface area is 167 Å². The molecule has 2 aliphatic heterocycles. The van der Waals surface area contributed by atoms with Gasteiger partial charge in [0.1, 0.15) is 11.4 Å². The van der Waals surface area contributed by atoms with E-state index < -0.39 is 17.3 Å². The smallest absolute Gasteiger partial charge is 0.416 e. The first-order chi connectivity index (χ1) is 13.6. The van der Waals surface area contributed by atoms with Crippen molar-refractivity contribution >= 4 is 11.6 Å². The number of carbonyl (C=O) groups excluding carboxylic acids is 1. The third-order valence-electron chi connectivity index (χ3n) is 5.38. The summed E-state index contributed by atoms with van der Waals surface area (Å²) < 4.78 is 46.3. The highest BCUT2D eigenvalue weighted by atomic mass is 19.4. The molecule has 0 fully saturated rings. The van der Waals surface area contributed by atoms with Crippen molar-refractivity contribution in [2.24, 2.45) is 0 Å². The Balaban J connectivity index is 1.94. The van der Waals surface area contributed by atoms with E-state index in [-0.39, 0.29) is 11.5 Å². The number of nitrogens with one attached hydrogen (secondary N) is 1. The number of benzene rings is 2. The van der Waals surface area contributed by atoms with Gasteiger partial charge in [-0.1, -0.05) is 18.2 Å². The van der Waals surface area contributed by atoms with Gasteiger partial charge in [-0.15, -0.1) is 0 Å². The van der Waals surface area contributed by atoms with Crippen LogP contribution in [0.3, 0.4) is 0 Å². The van der Waals surface area contributed by atoms with Crippen LogP contribution >= 0.6 is 0 Å². The fourth-order valence-corrected chi connectivity index (χ4v) is 3.98. The highest BCUT2D eigenvalue weighted by Gasteiger charge is 2.42. The second-order valence-corrected chi connectivity index (χ2v) is 7.73. The van der Waals surface area contributed by atoms with Gasteiger partial charge < -0.3 is 15.0 Å². The zero-order valence-electron chi connectivity index (χ0n) is 16.4. The normalized spacial score (nSPS) is 17.9. The van der Waals surface area contributed by atoms with Crippen molar-refractivity contribution in [3.05, 3.63) is 70.3 Å². The van der Waals surface area contributed by atoms with Gasteiger partial charge in [-0.2, -0.15) is 13.2 Å². The molecule has 152 valence electrons. The van der Waals surface area contributed by atoms with Gasteiger partial charge in [0.2, 0.25) is 0 Å². The van der Waals surface area contributed by atoms with E-state index in [9.17, 15) is 18.0 Å². The number of halogens is 3. The zero-order chi connectivity index (χ0) is 21.0. The maximum atomic E-state index is 13.4. The van der Waals surface area contributed by atoms with Crippen LogP contribution in [0.4, 0.5) is 13.2 Å². The van der Waals surface area contributed by atoms with Crippen molar-refractivity contribution in [2.75, 3.05) is 13.6 Å². The van der Waals surface area contributed by atoms with Crippen LogP contribution < -0.4 is 10.1 Å². The molecule has 0 unspecified atom stereocenters. The molecule has 0 bridgehead atoms. The molecule has 2 aromatic rings. The molecule has 0 atom stereocenters. The Morgan fingerprint density at radius 1 is 1.14 bits per heavy atom. The van der Waals surface area contributed by atoms with Crippen LogP contribution in [0.1, 0.15) is 40.9 Å². The highest BCUT2D eigenvalue weighted by molar-refractivity contribution is 6.04. The molecule has 1 amide bonds. The summed E-state index contributed by atoms with van der Waals surface area (Å²) in [5, 5.41) is 3.06. The molecule has 29 heavy (non-hydrogen) atoms. The van der Waals surface area contributed by atoms with E-state index in [1.54, 1.807) is 24.1 Å². The number of amides is 1. The van der Waals surface area contributed by atoms with E-state index in [4.69, 9.17) is 4.74 Å². The largest absolute Gasteiger partial charge is 0.483 e. The summed E-state index contributed by atoms with van der Waals surface area (Å²) in [6.45, 7) is 4.39. The number of alkyl halides is 3. The molecule has 2 aliphatic rings. The average Bonchev–Trinajstić information content (AvgIpc) is 2.98. The maximum Gasteiger partial charge on any atom is 0.416 e. The number of hydrogen-bond donors (Lipinski definition) is 1. The second kappa shape index (κ2) is 6.62. The quantitative estimate of drug-likeness (QED) is 0.824. The molecule has 2 aromatic carbocycles. The predicted octanol–water partition coefficient (Wildman–Crippen LogP) is 4.46. The van der Waals surface area contributed by atoms with E-state index >= 15 is 0 Å². The summed E-state index contributed by atoms with van der Waals surface area (Å²) >= 11 is 0. The first-order valence-electron chi connectivity index (χ1n) is 9.32. The molecule has 7 heteroatoms. The molecular formula is C22H21F3N2O2. The fourth-order valence-electron chi connectivity index (χ4n) is 3.98. The average molecular weight is 402 g/mol. The van der Waals surface area contributed by atoms with Crippen molar-refractivity contribution < 1.29 is 22.7 Å². The minimum Gasteiger partial charge on any atom is -0.483 e. The van der Waals surface area contributed by atoms with Crippen LogP contribution in [0, 0.1) is 0 Å².